The van der Waals surface area contributed by atoms with Gasteiger partial charge in [0.15, 0.2) is 0 Å². The minimum Gasteiger partial charge on any atom is -0.466 e. The van der Waals surface area contributed by atoms with Crippen molar-refractivity contribution >= 4 is 23.6 Å². The van der Waals surface area contributed by atoms with Crippen molar-refractivity contribution < 1.29 is 33.4 Å². The summed E-state index contributed by atoms with van der Waals surface area (Å²) in [6.45, 7) is 3.20. The summed E-state index contributed by atoms with van der Waals surface area (Å²) in [5.41, 5.74) is 1.03. The topological polar surface area (TPSA) is 120 Å². The molecule has 0 aliphatic carbocycles. The van der Waals surface area contributed by atoms with E-state index in [1.807, 2.05) is 0 Å². The number of hydrogen-bond donors (Lipinski definition) is 2. The smallest absolute Gasteiger partial charge is 0.307 e. The first-order chi connectivity index (χ1) is 15.0. The van der Waals surface area contributed by atoms with Crippen molar-refractivity contribution in [1.82, 2.24) is 10.6 Å². The number of ether oxygens (including phenoxy) is 3. The fourth-order valence-electron chi connectivity index (χ4n) is 2.84. The van der Waals surface area contributed by atoms with Crippen LogP contribution >= 0.6 is 0 Å². The fourth-order valence-corrected chi connectivity index (χ4v) is 2.84. The molecule has 0 saturated heterocycles. The first-order valence-corrected chi connectivity index (χ1v) is 10.2. The summed E-state index contributed by atoms with van der Waals surface area (Å²) in [5.74, 6) is -2.62. The van der Waals surface area contributed by atoms with E-state index in [1.54, 1.807) is 43.3 Å². The number of esters is 1. The second-order valence-electron chi connectivity index (χ2n) is 6.69. The zero-order valence-electron chi connectivity index (χ0n) is 17.6. The third-order valence-electron chi connectivity index (χ3n) is 4.41. The molecule has 168 valence electrons. The number of rotatable bonds is 6. The van der Waals surface area contributed by atoms with Crippen LogP contribution < -0.4 is 10.6 Å². The van der Waals surface area contributed by atoms with Gasteiger partial charge in [0.1, 0.15) is 6.04 Å². The number of amides is 2. The molecule has 1 aromatic rings. The zero-order valence-corrected chi connectivity index (χ0v) is 17.6. The second-order valence-corrected chi connectivity index (χ2v) is 6.69. The minimum absolute atomic E-state index is 0.0338. The SMILES string of the molecule is CCOC(=O)CCNC(=O)C(=O)[C@@H]1C/C=C\COCCOCc2ccccc2C(=O)N1. The Labute approximate surface area is 181 Å². The Balaban J connectivity index is 2.09. The molecular weight excluding hydrogens is 404 g/mol. The first kappa shape index (κ1) is 24.2. The van der Waals surface area contributed by atoms with Crippen LogP contribution in [-0.4, -0.2) is 62.6 Å². The van der Waals surface area contributed by atoms with Gasteiger partial charge in [-0.15, -0.1) is 0 Å². The standard InChI is InChI=1S/C22H28N2O7/c1-2-31-19(25)10-11-23-22(28)20(26)18-9-5-6-12-29-13-14-30-15-16-7-3-4-8-17(16)21(27)24-18/h3-8,18H,2,9-15H2,1H3,(H,23,28)(H,24,27)/b6-5-/t18-/m0/s1. The molecule has 1 aromatic carbocycles. The summed E-state index contributed by atoms with van der Waals surface area (Å²) >= 11 is 0. The van der Waals surface area contributed by atoms with Crippen LogP contribution in [0.25, 0.3) is 0 Å². The molecule has 0 spiro atoms. The molecule has 2 N–H and O–H groups in total. The molecule has 0 fully saturated rings. The average Bonchev–Trinajstić information content (AvgIpc) is 2.76. The van der Waals surface area contributed by atoms with Gasteiger partial charge in [0, 0.05) is 12.1 Å². The average molecular weight is 432 g/mol. The number of Topliss-reactive ketones (excluding diaryl/α,β-unsaturated/α-hetero) is 1. The van der Waals surface area contributed by atoms with Crippen LogP contribution in [0.4, 0.5) is 0 Å². The van der Waals surface area contributed by atoms with Gasteiger partial charge in [-0.2, -0.15) is 0 Å². The molecule has 1 heterocycles. The summed E-state index contributed by atoms with van der Waals surface area (Å²) in [7, 11) is 0. The molecule has 0 unspecified atom stereocenters. The first-order valence-electron chi connectivity index (χ1n) is 10.2. The van der Waals surface area contributed by atoms with Crippen molar-refractivity contribution in [2.45, 2.75) is 32.4 Å². The van der Waals surface area contributed by atoms with Gasteiger partial charge in [-0.1, -0.05) is 30.4 Å². The molecule has 0 radical (unpaired) electrons. The van der Waals surface area contributed by atoms with Gasteiger partial charge in [0.05, 0.1) is 39.5 Å². The molecular formula is C22H28N2O7. The third-order valence-corrected chi connectivity index (χ3v) is 4.41. The maximum atomic E-state index is 12.8. The quantitative estimate of drug-likeness (QED) is 0.390. The van der Waals surface area contributed by atoms with Gasteiger partial charge >= 0.3 is 5.97 Å². The van der Waals surface area contributed by atoms with Crippen LogP contribution in [0.15, 0.2) is 36.4 Å². The largest absolute Gasteiger partial charge is 0.466 e. The number of fused-ring (bicyclic) bond motifs is 1. The highest BCUT2D eigenvalue weighted by molar-refractivity contribution is 6.38. The Morgan fingerprint density at radius 2 is 1.94 bits per heavy atom. The predicted octanol–water partition coefficient (Wildman–Crippen LogP) is 0.917. The van der Waals surface area contributed by atoms with Crippen LogP contribution in [0.2, 0.25) is 0 Å². The molecule has 2 rings (SSSR count). The van der Waals surface area contributed by atoms with E-state index >= 15 is 0 Å². The number of ketones is 1. The van der Waals surface area contributed by atoms with Gasteiger partial charge in [0.25, 0.3) is 11.8 Å². The Kier molecular flexibility index (Phi) is 10.4. The van der Waals surface area contributed by atoms with Crippen molar-refractivity contribution in [2.75, 3.05) is 33.0 Å². The van der Waals surface area contributed by atoms with E-state index in [-0.39, 0.29) is 32.6 Å². The molecule has 2 amide bonds. The van der Waals surface area contributed by atoms with Gasteiger partial charge < -0.3 is 24.8 Å². The molecule has 0 aromatic heterocycles. The van der Waals surface area contributed by atoms with Crippen LogP contribution in [-0.2, 0) is 35.2 Å². The normalized spacial score (nSPS) is 18.6. The highest BCUT2D eigenvalue weighted by atomic mass is 16.5. The van der Waals surface area contributed by atoms with Crippen molar-refractivity contribution in [3.8, 4) is 0 Å². The van der Waals surface area contributed by atoms with Crippen LogP contribution in [0, 0.1) is 0 Å². The molecule has 1 aliphatic heterocycles. The highest BCUT2D eigenvalue weighted by Crippen LogP contribution is 2.12. The van der Waals surface area contributed by atoms with E-state index in [0.717, 1.165) is 0 Å². The van der Waals surface area contributed by atoms with E-state index in [1.165, 1.54) is 0 Å². The minimum atomic E-state index is -1.07. The Morgan fingerprint density at radius 1 is 1.16 bits per heavy atom. The predicted molar refractivity (Wildman–Crippen MR) is 111 cm³/mol. The lowest BCUT2D eigenvalue weighted by Crippen LogP contribution is -2.47. The maximum Gasteiger partial charge on any atom is 0.307 e. The number of carbonyl (C=O) groups excluding carboxylic acids is 4. The van der Waals surface area contributed by atoms with Crippen molar-refractivity contribution in [1.29, 1.82) is 0 Å². The highest BCUT2D eigenvalue weighted by Gasteiger charge is 2.27. The van der Waals surface area contributed by atoms with Crippen molar-refractivity contribution in [3.63, 3.8) is 0 Å². The maximum absolute atomic E-state index is 12.8. The summed E-state index contributed by atoms with van der Waals surface area (Å²) in [4.78, 5) is 49.1. The molecule has 1 atom stereocenters. The summed E-state index contributed by atoms with van der Waals surface area (Å²) < 4.78 is 15.7. The summed E-state index contributed by atoms with van der Waals surface area (Å²) in [5, 5.41) is 5.04. The zero-order chi connectivity index (χ0) is 22.5. The summed E-state index contributed by atoms with van der Waals surface area (Å²) in [6, 6.07) is 5.83. The Bertz CT molecular complexity index is 807. The third kappa shape index (κ3) is 8.31. The lowest BCUT2D eigenvalue weighted by Gasteiger charge is -2.18. The van der Waals surface area contributed by atoms with E-state index < -0.39 is 29.6 Å². The number of nitrogens with one attached hydrogen (secondary N) is 2. The van der Waals surface area contributed by atoms with Crippen LogP contribution in [0.5, 0.6) is 0 Å². The van der Waals surface area contributed by atoms with E-state index in [9.17, 15) is 19.2 Å². The monoisotopic (exact) mass is 432 g/mol. The molecule has 1 aliphatic rings. The van der Waals surface area contributed by atoms with Crippen molar-refractivity contribution in [2.24, 2.45) is 0 Å². The Hall–Kier alpha value is -3.04. The van der Waals surface area contributed by atoms with Crippen LogP contribution in [0.1, 0.15) is 35.7 Å². The van der Waals surface area contributed by atoms with Gasteiger partial charge in [-0.3, -0.25) is 19.2 Å². The van der Waals surface area contributed by atoms with E-state index in [4.69, 9.17) is 14.2 Å². The fraction of sp³-hybridized carbons (Fsp3) is 0.455. The number of hydrogen-bond acceptors (Lipinski definition) is 7. The molecule has 31 heavy (non-hydrogen) atoms. The summed E-state index contributed by atoms with van der Waals surface area (Å²) in [6.07, 6.45) is 3.46. The number of carbonyl (C=O) groups is 4. The lowest BCUT2D eigenvalue weighted by molar-refractivity contribution is -0.143. The molecule has 0 saturated carbocycles. The number of benzene rings is 1. The molecule has 0 bridgehead atoms. The van der Waals surface area contributed by atoms with Gasteiger partial charge in [-0.05, 0) is 25.0 Å². The second kappa shape index (κ2) is 13.3. The van der Waals surface area contributed by atoms with Crippen LogP contribution in [0.3, 0.4) is 0 Å². The van der Waals surface area contributed by atoms with E-state index in [0.29, 0.717) is 30.9 Å². The van der Waals surface area contributed by atoms with Gasteiger partial charge in [0.2, 0.25) is 5.78 Å². The Morgan fingerprint density at radius 3 is 2.74 bits per heavy atom. The lowest BCUT2D eigenvalue weighted by atomic mass is 10.0. The van der Waals surface area contributed by atoms with Gasteiger partial charge in [-0.25, -0.2) is 0 Å². The molecule has 9 nitrogen and oxygen atoms in total. The van der Waals surface area contributed by atoms with E-state index in [2.05, 4.69) is 10.6 Å². The van der Waals surface area contributed by atoms with Crippen molar-refractivity contribution in [3.05, 3.63) is 47.5 Å². The molecule has 9 heteroatoms.